The van der Waals surface area contributed by atoms with E-state index in [2.05, 4.69) is 25.4 Å². The lowest BCUT2D eigenvalue weighted by atomic mass is 9.93. The van der Waals surface area contributed by atoms with Gasteiger partial charge in [-0.2, -0.15) is 5.10 Å². The number of rotatable bonds is 6. The van der Waals surface area contributed by atoms with Gasteiger partial charge in [0.05, 0.1) is 5.69 Å². The van der Waals surface area contributed by atoms with E-state index in [1.807, 2.05) is 49.2 Å². The number of piperidine rings is 1. The van der Waals surface area contributed by atoms with Crippen LogP contribution in [0.25, 0.3) is 6.08 Å². The Morgan fingerprint density at radius 3 is 2.97 bits per heavy atom. The molecule has 0 spiro atoms. The standard InChI is InChI=1S/C23H27N7O/c1-17-5-3-10-24-23(17)28-21-14-19(25-16-26-21)13-18-6-4-12-30(15-18)22(31)8-7-20-9-11-27-29(20)2/h3,5,7-11,14,16,18H,4,6,12-13,15H2,1-2H3,(H,24,25,26,28)/b8-7+. The van der Waals surface area contributed by atoms with Gasteiger partial charge < -0.3 is 10.2 Å². The summed E-state index contributed by atoms with van der Waals surface area (Å²) in [5.74, 6) is 1.94. The van der Waals surface area contributed by atoms with Crippen LogP contribution in [0.2, 0.25) is 0 Å². The molecular formula is C23H27N7O. The van der Waals surface area contributed by atoms with Crippen molar-refractivity contribution in [2.24, 2.45) is 13.0 Å². The van der Waals surface area contributed by atoms with E-state index in [0.29, 0.717) is 5.92 Å². The molecule has 1 aliphatic rings. The molecule has 1 atom stereocenters. The number of nitrogens with zero attached hydrogens (tertiary/aromatic N) is 6. The van der Waals surface area contributed by atoms with Crippen LogP contribution in [0.3, 0.4) is 0 Å². The van der Waals surface area contributed by atoms with Gasteiger partial charge in [-0.05, 0) is 55.9 Å². The van der Waals surface area contributed by atoms with Gasteiger partial charge in [-0.1, -0.05) is 6.07 Å². The van der Waals surface area contributed by atoms with Gasteiger partial charge in [0.25, 0.3) is 0 Å². The number of amides is 1. The fraction of sp³-hybridized carbons (Fsp3) is 0.348. The summed E-state index contributed by atoms with van der Waals surface area (Å²) in [6, 6.07) is 7.77. The normalized spacial score (nSPS) is 16.6. The van der Waals surface area contributed by atoms with Crippen LogP contribution < -0.4 is 5.32 Å². The molecule has 1 amide bonds. The summed E-state index contributed by atoms with van der Waals surface area (Å²) >= 11 is 0. The van der Waals surface area contributed by atoms with E-state index >= 15 is 0 Å². The molecule has 1 aliphatic heterocycles. The number of hydrogen-bond acceptors (Lipinski definition) is 6. The number of aromatic nitrogens is 5. The van der Waals surface area contributed by atoms with E-state index in [4.69, 9.17) is 0 Å². The molecule has 8 nitrogen and oxygen atoms in total. The Kier molecular flexibility index (Phi) is 6.35. The molecule has 3 aromatic rings. The van der Waals surface area contributed by atoms with E-state index in [0.717, 1.165) is 60.9 Å². The van der Waals surface area contributed by atoms with Gasteiger partial charge in [-0.25, -0.2) is 15.0 Å². The van der Waals surface area contributed by atoms with Crippen LogP contribution in [0.5, 0.6) is 0 Å². The molecule has 3 aromatic heterocycles. The van der Waals surface area contributed by atoms with E-state index < -0.39 is 0 Å². The third-order valence-corrected chi connectivity index (χ3v) is 5.56. The van der Waals surface area contributed by atoms with Gasteiger partial charge >= 0.3 is 0 Å². The maximum Gasteiger partial charge on any atom is 0.246 e. The molecule has 160 valence electrons. The molecule has 0 aromatic carbocycles. The third kappa shape index (κ3) is 5.33. The van der Waals surface area contributed by atoms with Crippen molar-refractivity contribution in [2.45, 2.75) is 26.2 Å². The van der Waals surface area contributed by atoms with Crippen molar-refractivity contribution in [1.29, 1.82) is 0 Å². The summed E-state index contributed by atoms with van der Waals surface area (Å²) in [6.07, 6.45) is 11.4. The van der Waals surface area contributed by atoms with Crippen LogP contribution in [0.15, 0.2) is 49.1 Å². The van der Waals surface area contributed by atoms with E-state index in [1.54, 1.807) is 29.5 Å². The second-order valence-electron chi connectivity index (χ2n) is 7.90. The van der Waals surface area contributed by atoms with Gasteiger partial charge in [0.1, 0.15) is 18.0 Å². The first-order chi connectivity index (χ1) is 15.1. The predicted octanol–water partition coefficient (Wildman–Crippen LogP) is 3.15. The molecular weight excluding hydrogens is 390 g/mol. The van der Waals surface area contributed by atoms with Crippen molar-refractivity contribution in [1.82, 2.24) is 29.6 Å². The number of anilines is 2. The number of aryl methyl sites for hydroxylation is 2. The fourth-order valence-corrected chi connectivity index (χ4v) is 3.85. The molecule has 4 rings (SSSR count). The molecule has 1 saturated heterocycles. The SMILES string of the molecule is Cc1cccnc1Nc1cc(CC2CCCN(C(=O)/C=C/c3ccnn3C)C2)ncn1. The largest absolute Gasteiger partial charge is 0.339 e. The zero-order valence-electron chi connectivity index (χ0n) is 17.9. The Morgan fingerprint density at radius 1 is 1.26 bits per heavy atom. The monoisotopic (exact) mass is 417 g/mol. The second-order valence-corrected chi connectivity index (χ2v) is 7.90. The molecule has 8 heteroatoms. The van der Waals surface area contributed by atoms with E-state index in [-0.39, 0.29) is 5.91 Å². The van der Waals surface area contributed by atoms with Crippen molar-refractivity contribution >= 4 is 23.6 Å². The zero-order valence-corrected chi connectivity index (χ0v) is 17.9. The average molecular weight is 418 g/mol. The number of nitrogens with one attached hydrogen (secondary N) is 1. The first kappa shape index (κ1) is 20.7. The lowest BCUT2D eigenvalue weighted by Gasteiger charge is -2.32. The number of hydrogen-bond donors (Lipinski definition) is 1. The van der Waals surface area contributed by atoms with Crippen molar-refractivity contribution < 1.29 is 4.79 Å². The minimum atomic E-state index is 0.0431. The lowest BCUT2D eigenvalue weighted by molar-refractivity contribution is -0.127. The van der Waals surface area contributed by atoms with E-state index in [1.165, 1.54) is 0 Å². The molecule has 0 saturated carbocycles. The summed E-state index contributed by atoms with van der Waals surface area (Å²) in [4.78, 5) is 27.7. The molecule has 0 aliphatic carbocycles. The summed E-state index contributed by atoms with van der Waals surface area (Å²) in [7, 11) is 1.86. The van der Waals surface area contributed by atoms with Gasteiger partial charge in [-0.15, -0.1) is 0 Å². The second kappa shape index (κ2) is 9.51. The van der Waals surface area contributed by atoms with Gasteiger partial charge in [0.15, 0.2) is 0 Å². The van der Waals surface area contributed by atoms with Gasteiger partial charge in [0, 0.05) is 50.4 Å². The van der Waals surface area contributed by atoms with Crippen LogP contribution in [-0.2, 0) is 18.3 Å². The predicted molar refractivity (Wildman–Crippen MR) is 120 cm³/mol. The van der Waals surface area contributed by atoms with Crippen LogP contribution in [0, 0.1) is 12.8 Å². The minimum absolute atomic E-state index is 0.0431. The number of carbonyl (C=O) groups excluding carboxylic acids is 1. The highest BCUT2D eigenvalue weighted by atomic mass is 16.2. The highest BCUT2D eigenvalue weighted by molar-refractivity contribution is 5.91. The van der Waals surface area contributed by atoms with Crippen molar-refractivity contribution in [3.63, 3.8) is 0 Å². The Labute approximate surface area is 182 Å². The maximum atomic E-state index is 12.7. The maximum absolute atomic E-state index is 12.7. The summed E-state index contributed by atoms with van der Waals surface area (Å²) < 4.78 is 1.75. The van der Waals surface area contributed by atoms with Crippen molar-refractivity contribution in [2.75, 3.05) is 18.4 Å². The molecule has 1 fully saturated rings. The van der Waals surface area contributed by atoms with Gasteiger partial charge in [0.2, 0.25) is 5.91 Å². The molecule has 31 heavy (non-hydrogen) atoms. The molecule has 1 unspecified atom stereocenters. The van der Waals surface area contributed by atoms with Crippen LogP contribution in [-0.4, -0.2) is 48.6 Å². The van der Waals surface area contributed by atoms with Crippen LogP contribution >= 0.6 is 0 Å². The smallest absolute Gasteiger partial charge is 0.246 e. The highest BCUT2D eigenvalue weighted by Gasteiger charge is 2.23. The number of likely N-dealkylation sites (tertiary alicyclic amines) is 1. The lowest BCUT2D eigenvalue weighted by Crippen LogP contribution is -2.39. The Bertz CT molecular complexity index is 1080. The summed E-state index contributed by atoms with van der Waals surface area (Å²) in [6.45, 7) is 3.54. The summed E-state index contributed by atoms with van der Waals surface area (Å²) in [5, 5.41) is 7.39. The molecule has 1 N–H and O–H groups in total. The summed E-state index contributed by atoms with van der Waals surface area (Å²) in [5.41, 5.74) is 2.94. The van der Waals surface area contributed by atoms with Crippen LogP contribution in [0.1, 0.15) is 29.8 Å². The van der Waals surface area contributed by atoms with E-state index in [9.17, 15) is 4.79 Å². The Balaban J connectivity index is 1.37. The third-order valence-electron chi connectivity index (χ3n) is 5.56. The molecule has 4 heterocycles. The average Bonchev–Trinajstić information content (AvgIpc) is 3.19. The zero-order chi connectivity index (χ0) is 21.6. The topological polar surface area (TPSA) is 88.8 Å². The van der Waals surface area contributed by atoms with Crippen LogP contribution in [0.4, 0.5) is 11.6 Å². The van der Waals surface area contributed by atoms with Crippen molar-refractivity contribution in [3.8, 4) is 0 Å². The quantitative estimate of drug-likeness (QED) is 0.620. The Hall–Kier alpha value is -3.55. The minimum Gasteiger partial charge on any atom is -0.339 e. The van der Waals surface area contributed by atoms with Crippen molar-refractivity contribution in [3.05, 3.63) is 66.0 Å². The molecule has 0 bridgehead atoms. The first-order valence-electron chi connectivity index (χ1n) is 10.5. The molecule has 0 radical (unpaired) electrons. The first-order valence-corrected chi connectivity index (χ1v) is 10.5. The number of carbonyl (C=O) groups is 1. The van der Waals surface area contributed by atoms with Gasteiger partial charge in [-0.3, -0.25) is 9.48 Å². The Morgan fingerprint density at radius 2 is 2.16 bits per heavy atom. The number of pyridine rings is 1. The fourth-order valence-electron chi connectivity index (χ4n) is 3.85. The highest BCUT2D eigenvalue weighted by Crippen LogP contribution is 2.22.